The zero-order valence-electron chi connectivity index (χ0n) is 14.5. The van der Waals surface area contributed by atoms with Crippen LogP contribution in [0, 0.1) is 0 Å². The van der Waals surface area contributed by atoms with Gasteiger partial charge in [0.25, 0.3) is 5.91 Å². The van der Waals surface area contributed by atoms with Crippen molar-refractivity contribution in [2.45, 2.75) is 0 Å². The van der Waals surface area contributed by atoms with Gasteiger partial charge in [0.2, 0.25) is 10.0 Å². The average Bonchev–Trinajstić information content (AvgIpc) is 2.53. The molecule has 136 valence electrons. The molecule has 2 N–H and O–H groups in total. The van der Waals surface area contributed by atoms with Crippen LogP contribution in [0.3, 0.4) is 0 Å². The number of nitrogens with one attached hydrogen (secondary N) is 2. The van der Waals surface area contributed by atoms with E-state index in [4.69, 9.17) is 9.47 Å². The first-order chi connectivity index (χ1) is 11.3. The number of likely N-dealkylation sites (N-methyl/N-ethyl adjacent to an activating group) is 1. The lowest BCUT2D eigenvalue weighted by Gasteiger charge is -2.12. The molecule has 0 bridgehead atoms. The largest absolute Gasteiger partial charge is 0.497 e. The summed E-state index contributed by atoms with van der Waals surface area (Å²) >= 11 is 0. The molecule has 9 heteroatoms. The minimum absolute atomic E-state index is 0.00527. The normalized spacial score (nSPS) is 11.4. The molecule has 1 aromatic carbocycles. The Bertz CT molecular complexity index is 647. The van der Waals surface area contributed by atoms with Crippen molar-refractivity contribution in [2.24, 2.45) is 0 Å². The van der Waals surface area contributed by atoms with Gasteiger partial charge in [0.05, 0.1) is 25.5 Å². The molecule has 0 unspecified atom stereocenters. The Labute approximate surface area is 143 Å². The number of amides is 1. The van der Waals surface area contributed by atoms with Crippen LogP contribution in [0.1, 0.15) is 10.4 Å². The van der Waals surface area contributed by atoms with E-state index in [0.29, 0.717) is 30.2 Å². The molecule has 0 saturated carbocycles. The van der Waals surface area contributed by atoms with Crippen molar-refractivity contribution < 1.29 is 22.7 Å². The molecule has 0 aliphatic carbocycles. The van der Waals surface area contributed by atoms with Crippen LogP contribution < -0.4 is 19.5 Å². The molecule has 0 aliphatic heterocycles. The fraction of sp³-hybridized carbons (Fsp3) is 0.533. The number of nitrogens with zero attached hydrogens (tertiary/aromatic N) is 1. The third-order valence-electron chi connectivity index (χ3n) is 3.19. The summed E-state index contributed by atoms with van der Waals surface area (Å²) in [6.45, 7) is 0.940. The molecule has 1 amide bonds. The molecule has 0 spiro atoms. The Kier molecular flexibility index (Phi) is 7.96. The molecular weight excluding hydrogens is 334 g/mol. The molecule has 8 nitrogen and oxygen atoms in total. The summed E-state index contributed by atoms with van der Waals surface area (Å²) in [5, 5.41) is 2.58. The molecule has 24 heavy (non-hydrogen) atoms. The average molecular weight is 359 g/mol. The van der Waals surface area contributed by atoms with Crippen LogP contribution in [0.25, 0.3) is 0 Å². The first-order valence-electron chi connectivity index (χ1n) is 7.41. The van der Waals surface area contributed by atoms with Crippen LogP contribution in [-0.2, 0) is 10.0 Å². The van der Waals surface area contributed by atoms with Gasteiger partial charge >= 0.3 is 0 Å². The zero-order valence-corrected chi connectivity index (χ0v) is 15.3. The lowest BCUT2D eigenvalue weighted by Crippen LogP contribution is -2.37. The standard InChI is InChI=1S/C15H25N3O5S/c1-18(2)9-7-17-24(20,21)10-8-16-15(19)13-6-5-12(22-3)11-14(13)23-4/h5-6,11,17H,7-10H2,1-4H3,(H,16,19). The maximum atomic E-state index is 12.2. The van der Waals surface area contributed by atoms with Crippen molar-refractivity contribution in [3.05, 3.63) is 23.8 Å². The summed E-state index contributed by atoms with van der Waals surface area (Å²) in [5.74, 6) is 0.331. The number of ether oxygens (including phenoxy) is 2. The van der Waals surface area contributed by atoms with E-state index in [9.17, 15) is 13.2 Å². The second-order valence-electron chi connectivity index (χ2n) is 5.34. The van der Waals surface area contributed by atoms with E-state index in [1.54, 1.807) is 18.2 Å². The molecule has 1 rings (SSSR count). The van der Waals surface area contributed by atoms with Crippen LogP contribution >= 0.6 is 0 Å². The second-order valence-corrected chi connectivity index (χ2v) is 7.27. The van der Waals surface area contributed by atoms with E-state index in [0.717, 1.165) is 0 Å². The molecule has 1 aromatic rings. The van der Waals surface area contributed by atoms with Gasteiger partial charge in [-0.25, -0.2) is 13.1 Å². The number of hydrogen-bond acceptors (Lipinski definition) is 6. The lowest BCUT2D eigenvalue weighted by molar-refractivity contribution is 0.0953. The first kappa shape index (κ1) is 20.2. The number of carbonyl (C=O) groups is 1. The van der Waals surface area contributed by atoms with Crippen molar-refractivity contribution in [1.29, 1.82) is 0 Å². The number of carbonyl (C=O) groups excluding carboxylic acids is 1. The van der Waals surface area contributed by atoms with Crippen molar-refractivity contribution in [3.63, 3.8) is 0 Å². The van der Waals surface area contributed by atoms with E-state index in [1.807, 2.05) is 19.0 Å². The molecule has 0 radical (unpaired) electrons. The van der Waals surface area contributed by atoms with E-state index >= 15 is 0 Å². The van der Waals surface area contributed by atoms with Gasteiger partial charge in [0.1, 0.15) is 11.5 Å². The van der Waals surface area contributed by atoms with Gasteiger partial charge in [0, 0.05) is 25.7 Å². The summed E-state index contributed by atoms with van der Waals surface area (Å²) in [6, 6.07) is 4.79. The summed E-state index contributed by atoms with van der Waals surface area (Å²) in [7, 11) is 3.26. The van der Waals surface area contributed by atoms with Crippen LogP contribution in [-0.4, -0.2) is 72.9 Å². The van der Waals surface area contributed by atoms with Gasteiger partial charge in [-0.2, -0.15) is 0 Å². The molecule has 0 fully saturated rings. The maximum absolute atomic E-state index is 12.2. The van der Waals surface area contributed by atoms with Gasteiger partial charge in [-0.1, -0.05) is 0 Å². The van der Waals surface area contributed by atoms with Crippen LogP contribution in [0.4, 0.5) is 0 Å². The highest BCUT2D eigenvalue weighted by Gasteiger charge is 2.15. The Morgan fingerprint density at radius 3 is 2.46 bits per heavy atom. The molecule has 0 saturated heterocycles. The van der Waals surface area contributed by atoms with Gasteiger partial charge in [-0.3, -0.25) is 4.79 Å². The van der Waals surface area contributed by atoms with Crippen molar-refractivity contribution >= 4 is 15.9 Å². The molecular formula is C15H25N3O5S. The monoisotopic (exact) mass is 359 g/mol. The fourth-order valence-corrected chi connectivity index (χ4v) is 2.79. The maximum Gasteiger partial charge on any atom is 0.255 e. The van der Waals surface area contributed by atoms with E-state index in [-0.39, 0.29) is 12.3 Å². The van der Waals surface area contributed by atoms with Crippen LogP contribution in [0.15, 0.2) is 18.2 Å². The highest BCUT2D eigenvalue weighted by Crippen LogP contribution is 2.24. The third-order valence-corrected chi connectivity index (χ3v) is 4.58. The van der Waals surface area contributed by atoms with E-state index in [1.165, 1.54) is 14.2 Å². The quantitative estimate of drug-likeness (QED) is 0.606. The predicted octanol–water partition coefficient (Wildman–Crippen LogP) is -0.0854. The minimum Gasteiger partial charge on any atom is -0.497 e. The van der Waals surface area contributed by atoms with E-state index < -0.39 is 15.9 Å². The van der Waals surface area contributed by atoms with Crippen molar-refractivity contribution in [3.8, 4) is 11.5 Å². The molecule has 0 atom stereocenters. The van der Waals surface area contributed by atoms with E-state index in [2.05, 4.69) is 10.0 Å². The Hall–Kier alpha value is -1.84. The Balaban J connectivity index is 2.54. The highest BCUT2D eigenvalue weighted by atomic mass is 32.2. The number of sulfonamides is 1. The zero-order chi connectivity index (χ0) is 18.2. The lowest BCUT2D eigenvalue weighted by atomic mass is 10.2. The Morgan fingerprint density at radius 2 is 1.88 bits per heavy atom. The summed E-state index contributed by atoms with van der Waals surface area (Å²) in [4.78, 5) is 14.0. The topological polar surface area (TPSA) is 97.0 Å². The third kappa shape index (κ3) is 6.73. The molecule has 0 aliphatic rings. The summed E-state index contributed by atoms with van der Waals surface area (Å²) in [6.07, 6.45) is 0. The second kappa shape index (κ2) is 9.45. The first-order valence-corrected chi connectivity index (χ1v) is 9.06. The number of benzene rings is 1. The number of methoxy groups -OCH3 is 2. The summed E-state index contributed by atoms with van der Waals surface area (Å²) in [5.41, 5.74) is 0.316. The number of hydrogen-bond donors (Lipinski definition) is 2. The fourth-order valence-electron chi connectivity index (χ4n) is 1.88. The van der Waals surface area contributed by atoms with Crippen LogP contribution in [0.2, 0.25) is 0 Å². The molecule has 0 heterocycles. The Morgan fingerprint density at radius 1 is 1.17 bits per heavy atom. The van der Waals surface area contributed by atoms with Crippen molar-refractivity contribution in [1.82, 2.24) is 14.9 Å². The van der Waals surface area contributed by atoms with Gasteiger partial charge in [-0.15, -0.1) is 0 Å². The highest BCUT2D eigenvalue weighted by molar-refractivity contribution is 7.89. The molecule has 0 aromatic heterocycles. The van der Waals surface area contributed by atoms with Crippen LogP contribution in [0.5, 0.6) is 11.5 Å². The van der Waals surface area contributed by atoms with Gasteiger partial charge < -0.3 is 19.7 Å². The summed E-state index contributed by atoms with van der Waals surface area (Å²) < 4.78 is 36.3. The predicted molar refractivity (Wildman–Crippen MR) is 92.2 cm³/mol. The van der Waals surface area contributed by atoms with Gasteiger partial charge in [0.15, 0.2) is 0 Å². The SMILES string of the molecule is COc1ccc(C(=O)NCCS(=O)(=O)NCCN(C)C)c(OC)c1. The number of rotatable bonds is 10. The van der Waals surface area contributed by atoms with Gasteiger partial charge in [-0.05, 0) is 26.2 Å². The smallest absolute Gasteiger partial charge is 0.255 e. The van der Waals surface area contributed by atoms with Crippen molar-refractivity contribution in [2.75, 3.05) is 53.7 Å². The minimum atomic E-state index is -3.42.